The summed E-state index contributed by atoms with van der Waals surface area (Å²) in [5.74, 6) is 1.76. The van der Waals surface area contributed by atoms with Crippen LogP contribution in [0.3, 0.4) is 0 Å². The molecule has 1 unspecified atom stereocenters. The summed E-state index contributed by atoms with van der Waals surface area (Å²) < 4.78 is 5.34. The van der Waals surface area contributed by atoms with Crippen molar-refractivity contribution in [3.05, 3.63) is 0 Å². The highest BCUT2D eigenvalue weighted by atomic mass is 16.5. The van der Waals surface area contributed by atoms with Crippen molar-refractivity contribution in [1.82, 2.24) is 5.32 Å². The number of hydrogen-bond acceptors (Lipinski definition) is 2. The molecule has 0 aromatic carbocycles. The molecule has 0 spiro atoms. The smallest absolute Gasteiger partial charge is 0.0509 e. The van der Waals surface area contributed by atoms with Gasteiger partial charge in [-0.1, -0.05) is 0 Å². The molecule has 0 aliphatic carbocycles. The van der Waals surface area contributed by atoms with Gasteiger partial charge in [0.2, 0.25) is 0 Å². The van der Waals surface area contributed by atoms with E-state index in [0.29, 0.717) is 0 Å². The largest absolute Gasteiger partial charge is 0.381 e. The summed E-state index contributed by atoms with van der Waals surface area (Å²) >= 11 is 0. The van der Waals surface area contributed by atoms with Gasteiger partial charge in [0.1, 0.15) is 0 Å². The zero-order valence-corrected chi connectivity index (χ0v) is 5.60. The maximum absolute atomic E-state index is 5.34. The second-order valence-corrected chi connectivity index (χ2v) is 3.04. The van der Waals surface area contributed by atoms with E-state index in [9.17, 15) is 0 Å². The maximum Gasteiger partial charge on any atom is 0.0509 e. The molecule has 0 radical (unpaired) electrons. The van der Waals surface area contributed by atoms with Crippen LogP contribution in [0.1, 0.15) is 6.42 Å². The summed E-state index contributed by atoms with van der Waals surface area (Å²) in [6.45, 7) is 4.40. The van der Waals surface area contributed by atoms with Crippen molar-refractivity contribution < 1.29 is 4.74 Å². The van der Waals surface area contributed by atoms with Crippen LogP contribution in [-0.4, -0.2) is 26.3 Å². The van der Waals surface area contributed by atoms with Crippen LogP contribution in [0.4, 0.5) is 0 Å². The quantitative estimate of drug-likeness (QED) is 0.503. The highest BCUT2D eigenvalue weighted by molar-refractivity contribution is 4.82. The fraction of sp³-hybridized carbons (Fsp3) is 1.00. The predicted molar refractivity (Wildman–Crippen MR) is 35.3 cm³/mol. The first-order valence-corrected chi connectivity index (χ1v) is 3.75. The summed E-state index contributed by atoms with van der Waals surface area (Å²) in [6.07, 6.45) is 1.28. The first-order chi connectivity index (χ1) is 4.47. The summed E-state index contributed by atoms with van der Waals surface area (Å²) in [5, 5.41) is 3.38. The molecule has 2 aliphatic heterocycles. The molecular formula is C7H13NO. The molecule has 2 atom stereocenters. The van der Waals surface area contributed by atoms with E-state index < -0.39 is 0 Å². The van der Waals surface area contributed by atoms with Gasteiger partial charge in [0.05, 0.1) is 6.61 Å². The van der Waals surface area contributed by atoms with Crippen LogP contribution in [-0.2, 0) is 4.74 Å². The summed E-state index contributed by atoms with van der Waals surface area (Å²) in [6, 6.07) is 0. The first kappa shape index (κ1) is 5.69. The van der Waals surface area contributed by atoms with Crippen LogP contribution in [0.5, 0.6) is 0 Å². The van der Waals surface area contributed by atoms with Gasteiger partial charge in [-0.2, -0.15) is 0 Å². The Morgan fingerprint density at radius 1 is 1.22 bits per heavy atom. The number of nitrogens with one attached hydrogen (secondary N) is 1. The minimum absolute atomic E-state index is 0.832. The van der Waals surface area contributed by atoms with Gasteiger partial charge in [-0.05, 0) is 24.8 Å². The SMILES string of the molecule is C1C[C@H]2CNCC2CO1. The minimum atomic E-state index is 0.832. The zero-order valence-electron chi connectivity index (χ0n) is 5.60. The normalized spacial score (nSPS) is 42.7. The van der Waals surface area contributed by atoms with Gasteiger partial charge in [-0.25, -0.2) is 0 Å². The second-order valence-electron chi connectivity index (χ2n) is 3.04. The van der Waals surface area contributed by atoms with Crippen molar-refractivity contribution in [2.45, 2.75) is 6.42 Å². The van der Waals surface area contributed by atoms with Crippen molar-refractivity contribution in [1.29, 1.82) is 0 Å². The maximum atomic E-state index is 5.34. The Balaban J connectivity index is 1.97. The van der Waals surface area contributed by atoms with Crippen LogP contribution in [0, 0.1) is 11.8 Å². The Kier molecular flexibility index (Phi) is 1.44. The monoisotopic (exact) mass is 127 g/mol. The number of hydrogen-bond donors (Lipinski definition) is 1. The third-order valence-electron chi connectivity index (χ3n) is 2.44. The van der Waals surface area contributed by atoms with Crippen molar-refractivity contribution in [3.63, 3.8) is 0 Å². The van der Waals surface area contributed by atoms with Gasteiger partial charge in [0, 0.05) is 13.2 Å². The molecule has 0 bridgehead atoms. The molecule has 2 saturated heterocycles. The Bertz CT molecular complexity index is 93.1. The molecule has 0 saturated carbocycles. The molecule has 0 amide bonds. The summed E-state index contributed by atoms with van der Waals surface area (Å²) in [4.78, 5) is 0. The van der Waals surface area contributed by atoms with Crippen molar-refractivity contribution >= 4 is 0 Å². The molecule has 9 heavy (non-hydrogen) atoms. The molecule has 0 aromatic heterocycles. The average molecular weight is 127 g/mol. The second kappa shape index (κ2) is 2.27. The van der Waals surface area contributed by atoms with E-state index in [4.69, 9.17) is 4.74 Å². The summed E-state index contributed by atoms with van der Waals surface area (Å²) in [5.41, 5.74) is 0. The van der Waals surface area contributed by atoms with Crippen molar-refractivity contribution in [2.75, 3.05) is 26.3 Å². The van der Waals surface area contributed by atoms with E-state index >= 15 is 0 Å². The summed E-state index contributed by atoms with van der Waals surface area (Å²) in [7, 11) is 0. The van der Waals surface area contributed by atoms with E-state index in [1.165, 1.54) is 19.5 Å². The fourth-order valence-corrected chi connectivity index (χ4v) is 1.79. The third kappa shape index (κ3) is 0.970. The molecule has 0 aromatic rings. The van der Waals surface area contributed by atoms with E-state index in [1.54, 1.807) is 0 Å². The Hall–Kier alpha value is -0.0800. The van der Waals surface area contributed by atoms with Crippen LogP contribution in [0.2, 0.25) is 0 Å². The van der Waals surface area contributed by atoms with Crippen LogP contribution >= 0.6 is 0 Å². The van der Waals surface area contributed by atoms with E-state index in [1.807, 2.05) is 0 Å². The van der Waals surface area contributed by atoms with Crippen molar-refractivity contribution in [2.24, 2.45) is 11.8 Å². The van der Waals surface area contributed by atoms with Gasteiger partial charge >= 0.3 is 0 Å². The lowest BCUT2D eigenvalue weighted by atomic mass is 9.92. The van der Waals surface area contributed by atoms with E-state index in [0.717, 1.165) is 25.0 Å². The highest BCUT2D eigenvalue weighted by Gasteiger charge is 2.29. The van der Waals surface area contributed by atoms with Crippen LogP contribution in [0.15, 0.2) is 0 Å². The zero-order chi connectivity index (χ0) is 6.10. The van der Waals surface area contributed by atoms with E-state index in [-0.39, 0.29) is 0 Å². The molecule has 2 aliphatic rings. The number of ether oxygens (including phenoxy) is 1. The first-order valence-electron chi connectivity index (χ1n) is 3.75. The highest BCUT2D eigenvalue weighted by Crippen LogP contribution is 2.24. The predicted octanol–water partition coefficient (Wildman–Crippen LogP) is 0.242. The van der Waals surface area contributed by atoms with Crippen LogP contribution < -0.4 is 5.32 Å². The fourth-order valence-electron chi connectivity index (χ4n) is 1.79. The molecule has 2 heterocycles. The number of rotatable bonds is 0. The van der Waals surface area contributed by atoms with Gasteiger partial charge < -0.3 is 10.1 Å². The third-order valence-corrected chi connectivity index (χ3v) is 2.44. The topological polar surface area (TPSA) is 21.3 Å². The molecule has 2 heteroatoms. The Morgan fingerprint density at radius 2 is 2.11 bits per heavy atom. The van der Waals surface area contributed by atoms with Crippen molar-refractivity contribution in [3.8, 4) is 0 Å². The molecule has 2 rings (SSSR count). The van der Waals surface area contributed by atoms with Crippen LogP contribution in [0.25, 0.3) is 0 Å². The minimum Gasteiger partial charge on any atom is -0.381 e. The molecule has 2 nitrogen and oxygen atoms in total. The standard InChI is InChI=1S/C7H13NO/c1-2-9-5-7-4-8-3-6(1)7/h6-8H,1-5H2/t6-,7?/m0/s1. The average Bonchev–Trinajstić information content (AvgIpc) is 2.33. The Labute approximate surface area is 55.6 Å². The lowest BCUT2D eigenvalue weighted by molar-refractivity contribution is 0.0372. The lowest BCUT2D eigenvalue weighted by Crippen LogP contribution is -2.25. The lowest BCUT2D eigenvalue weighted by Gasteiger charge is -2.23. The molecule has 52 valence electrons. The van der Waals surface area contributed by atoms with E-state index in [2.05, 4.69) is 5.32 Å². The molecular weight excluding hydrogens is 114 g/mol. The van der Waals surface area contributed by atoms with Gasteiger partial charge in [-0.15, -0.1) is 0 Å². The van der Waals surface area contributed by atoms with Gasteiger partial charge in [-0.3, -0.25) is 0 Å². The Morgan fingerprint density at radius 3 is 3.00 bits per heavy atom. The van der Waals surface area contributed by atoms with Gasteiger partial charge in [0.15, 0.2) is 0 Å². The molecule has 2 fully saturated rings. The molecule has 1 N–H and O–H groups in total. The number of fused-ring (bicyclic) bond motifs is 1. The van der Waals surface area contributed by atoms with Gasteiger partial charge in [0.25, 0.3) is 0 Å².